The quantitative estimate of drug-likeness (QED) is 0.556. The summed E-state index contributed by atoms with van der Waals surface area (Å²) in [4.78, 5) is 24.4. The molecule has 0 fully saturated rings. The zero-order valence-electron chi connectivity index (χ0n) is 13.5. The van der Waals surface area contributed by atoms with Crippen molar-refractivity contribution in [2.45, 2.75) is 26.2 Å². The number of benzene rings is 2. The van der Waals surface area contributed by atoms with Crippen LogP contribution in [0.5, 0.6) is 0 Å². The predicted molar refractivity (Wildman–Crippen MR) is 98.1 cm³/mol. The Morgan fingerprint density at radius 1 is 1.08 bits per heavy atom. The number of rotatable bonds is 7. The van der Waals surface area contributed by atoms with Crippen LogP contribution in [-0.2, 0) is 16.0 Å². The van der Waals surface area contributed by atoms with Crippen molar-refractivity contribution >= 4 is 33.5 Å². The molecule has 0 saturated carbocycles. The maximum Gasteiger partial charge on any atom is 0.340 e. The highest BCUT2D eigenvalue weighted by atomic mass is 79.9. The summed E-state index contributed by atoms with van der Waals surface area (Å²) < 4.78 is 6.19. The molecule has 5 heteroatoms. The molecule has 0 aromatic heterocycles. The molecule has 0 saturated heterocycles. The summed E-state index contributed by atoms with van der Waals surface area (Å²) in [5, 5.41) is 2.79. The van der Waals surface area contributed by atoms with Crippen LogP contribution in [0, 0.1) is 0 Å². The van der Waals surface area contributed by atoms with E-state index in [0.29, 0.717) is 17.9 Å². The van der Waals surface area contributed by atoms with E-state index in [1.807, 2.05) is 31.2 Å². The SMILES string of the molecule is CCCCOC(=O)c1ccccc1NC(=O)Cc1ccc(Br)cc1. The average Bonchev–Trinajstić information content (AvgIpc) is 2.57. The molecule has 0 unspecified atom stereocenters. The van der Waals surface area contributed by atoms with Crippen LogP contribution < -0.4 is 5.32 Å². The number of carbonyl (C=O) groups is 2. The van der Waals surface area contributed by atoms with Crippen molar-refractivity contribution in [3.05, 3.63) is 64.1 Å². The molecule has 4 nitrogen and oxygen atoms in total. The maximum atomic E-state index is 12.2. The molecule has 0 aliphatic rings. The number of hydrogen-bond acceptors (Lipinski definition) is 3. The Balaban J connectivity index is 2.02. The number of para-hydroxylation sites is 1. The highest BCUT2D eigenvalue weighted by molar-refractivity contribution is 9.10. The predicted octanol–water partition coefficient (Wildman–Crippen LogP) is 4.59. The molecule has 24 heavy (non-hydrogen) atoms. The number of carbonyl (C=O) groups excluding carboxylic acids is 2. The highest BCUT2D eigenvalue weighted by Gasteiger charge is 2.14. The molecular weight excluding hydrogens is 370 g/mol. The summed E-state index contributed by atoms with van der Waals surface area (Å²) in [5.41, 5.74) is 1.75. The molecule has 126 valence electrons. The van der Waals surface area contributed by atoms with Gasteiger partial charge >= 0.3 is 5.97 Å². The van der Waals surface area contributed by atoms with E-state index in [2.05, 4.69) is 21.2 Å². The van der Waals surface area contributed by atoms with Crippen molar-refractivity contribution in [1.82, 2.24) is 0 Å². The zero-order chi connectivity index (χ0) is 17.4. The van der Waals surface area contributed by atoms with Crippen LogP contribution in [-0.4, -0.2) is 18.5 Å². The first-order valence-corrected chi connectivity index (χ1v) is 8.70. The van der Waals surface area contributed by atoms with Crippen LogP contribution in [0.2, 0.25) is 0 Å². The van der Waals surface area contributed by atoms with E-state index in [4.69, 9.17) is 4.74 Å². The smallest absolute Gasteiger partial charge is 0.340 e. The fourth-order valence-electron chi connectivity index (χ4n) is 2.14. The van der Waals surface area contributed by atoms with Gasteiger partial charge in [0.05, 0.1) is 24.3 Å². The van der Waals surface area contributed by atoms with Gasteiger partial charge in [-0.3, -0.25) is 4.79 Å². The van der Waals surface area contributed by atoms with Crippen molar-refractivity contribution in [2.24, 2.45) is 0 Å². The largest absolute Gasteiger partial charge is 0.462 e. The van der Waals surface area contributed by atoms with E-state index >= 15 is 0 Å². The average molecular weight is 390 g/mol. The van der Waals surface area contributed by atoms with Gasteiger partial charge in [0.1, 0.15) is 0 Å². The van der Waals surface area contributed by atoms with Crippen molar-refractivity contribution < 1.29 is 14.3 Å². The second kappa shape index (κ2) is 9.23. The van der Waals surface area contributed by atoms with Crippen LogP contribution >= 0.6 is 15.9 Å². The number of anilines is 1. The van der Waals surface area contributed by atoms with Gasteiger partial charge in [0.15, 0.2) is 0 Å². The van der Waals surface area contributed by atoms with Crippen LogP contribution in [0.1, 0.15) is 35.7 Å². The van der Waals surface area contributed by atoms with E-state index in [-0.39, 0.29) is 12.3 Å². The van der Waals surface area contributed by atoms with Gasteiger partial charge in [-0.25, -0.2) is 4.79 Å². The molecule has 0 bridgehead atoms. The van der Waals surface area contributed by atoms with Crippen LogP contribution in [0.25, 0.3) is 0 Å². The van der Waals surface area contributed by atoms with Gasteiger partial charge in [-0.05, 0) is 36.2 Å². The first kappa shape index (κ1) is 18.2. The molecule has 0 heterocycles. The van der Waals surface area contributed by atoms with E-state index in [0.717, 1.165) is 22.9 Å². The third-order valence-electron chi connectivity index (χ3n) is 3.43. The van der Waals surface area contributed by atoms with Gasteiger partial charge in [-0.1, -0.05) is 53.5 Å². The second-order valence-electron chi connectivity index (χ2n) is 5.39. The Bertz CT molecular complexity index is 698. The van der Waals surface area contributed by atoms with Gasteiger partial charge in [-0.2, -0.15) is 0 Å². The lowest BCUT2D eigenvalue weighted by atomic mass is 10.1. The van der Waals surface area contributed by atoms with Crippen molar-refractivity contribution in [3.63, 3.8) is 0 Å². The zero-order valence-corrected chi connectivity index (χ0v) is 15.1. The number of hydrogen-bond donors (Lipinski definition) is 1. The topological polar surface area (TPSA) is 55.4 Å². The van der Waals surface area contributed by atoms with Crippen LogP contribution in [0.15, 0.2) is 53.0 Å². The molecule has 0 spiro atoms. The monoisotopic (exact) mass is 389 g/mol. The fourth-order valence-corrected chi connectivity index (χ4v) is 2.40. The van der Waals surface area contributed by atoms with Crippen LogP contribution in [0.4, 0.5) is 5.69 Å². The van der Waals surface area contributed by atoms with Crippen LogP contribution in [0.3, 0.4) is 0 Å². The molecule has 1 amide bonds. The third-order valence-corrected chi connectivity index (χ3v) is 3.96. The Kier molecular flexibility index (Phi) is 7.00. The molecule has 2 aromatic rings. The third kappa shape index (κ3) is 5.49. The first-order chi connectivity index (χ1) is 11.6. The normalized spacial score (nSPS) is 10.2. The Labute approximate surface area is 150 Å². The molecule has 1 N–H and O–H groups in total. The molecular formula is C19H20BrNO3. The van der Waals surface area contributed by atoms with Gasteiger partial charge in [0, 0.05) is 4.47 Å². The minimum atomic E-state index is -0.414. The van der Waals surface area contributed by atoms with Gasteiger partial charge in [0.2, 0.25) is 5.91 Å². The summed E-state index contributed by atoms with van der Waals surface area (Å²) >= 11 is 3.36. The standard InChI is InChI=1S/C19H20BrNO3/c1-2-3-12-24-19(23)16-6-4-5-7-17(16)21-18(22)13-14-8-10-15(20)11-9-14/h4-11H,2-3,12-13H2,1H3,(H,21,22). The lowest BCUT2D eigenvalue weighted by molar-refractivity contribution is -0.115. The summed E-state index contributed by atoms with van der Waals surface area (Å²) in [7, 11) is 0. The highest BCUT2D eigenvalue weighted by Crippen LogP contribution is 2.17. The molecule has 0 atom stereocenters. The fraction of sp³-hybridized carbons (Fsp3) is 0.263. The molecule has 2 rings (SSSR count). The Hall–Kier alpha value is -2.14. The van der Waals surface area contributed by atoms with Crippen molar-refractivity contribution in [3.8, 4) is 0 Å². The van der Waals surface area contributed by atoms with Gasteiger partial charge in [-0.15, -0.1) is 0 Å². The molecule has 2 aromatic carbocycles. The number of esters is 1. The lowest BCUT2D eigenvalue weighted by Gasteiger charge is -2.11. The number of nitrogens with one attached hydrogen (secondary N) is 1. The molecule has 0 aliphatic carbocycles. The number of ether oxygens (including phenoxy) is 1. The Morgan fingerprint density at radius 3 is 2.50 bits per heavy atom. The van der Waals surface area contributed by atoms with Crippen molar-refractivity contribution in [1.29, 1.82) is 0 Å². The van der Waals surface area contributed by atoms with Crippen molar-refractivity contribution in [2.75, 3.05) is 11.9 Å². The van der Waals surface area contributed by atoms with Gasteiger partial charge in [0.25, 0.3) is 0 Å². The van der Waals surface area contributed by atoms with E-state index in [1.54, 1.807) is 24.3 Å². The van der Waals surface area contributed by atoms with E-state index in [9.17, 15) is 9.59 Å². The summed E-state index contributed by atoms with van der Waals surface area (Å²) in [6.07, 6.45) is 2.02. The van der Waals surface area contributed by atoms with Gasteiger partial charge < -0.3 is 10.1 Å². The number of amides is 1. The number of unbranched alkanes of at least 4 members (excludes halogenated alkanes) is 1. The number of halogens is 1. The lowest BCUT2D eigenvalue weighted by Crippen LogP contribution is -2.17. The Morgan fingerprint density at radius 2 is 1.79 bits per heavy atom. The first-order valence-electron chi connectivity index (χ1n) is 7.90. The molecule has 0 aliphatic heterocycles. The maximum absolute atomic E-state index is 12.2. The minimum Gasteiger partial charge on any atom is -0.462 e. The minimum absolute atomic E-state index is 0.175. The van der Waals surface area contributed by atoms with E-state index < -0.39 is 5.97 Å². The summed E-state index contributed by atoms with van der Waals surface area (Å²) in [6, 6.07) is 14.4. The van der Waals surface area contributed by atoms with E-state index in [1.165, 1.54) is 0 Å². The second-order valence-corrected chi connectivity index (χ2v) is 6.30. The molecule has 0 radical (unpaired) electrons. The summed E-state index contributed by atoms with van der Waals surface area (Å²) in [5.74, 6) is -0.589. The summed E-state index contributed by atoms with van der Waals surface area (Å²) in [6.45, 7) is 2.42.